The van der Waals surface area contributed by atoms with Gasteiger partial charge in [0.05, 0.1) is 13.2 Å². The molecular weight excluding hydrogens is 300 g/mol. The molecule has 1 amide bonds. The lowest BCUT2D eigenvalue weighted by molar-refractivity contribution is 0.0342. The van der Waals surface area contributed by atoms with Crippen molar-refractivity contribution in [1.29, 1.82) is 0 Å². The Hall–Kier alpha value is -2.17. The Labute approximate surface area is 143 Å². The lowest BCUT2D eigenvalue weighted by Gasteiger charge is -2.26. The van der Waals surface area contributed by atoms with Gasteiger partial charge in [0, 0.05) is 30.9 Å². The number of benzene rings is 2. The van der Waals surface area contributed by atoms with Gasteiger partial charge in [-0.3, -0.25) is 9.69 Å². The smallest absolute Gasteiger partial charge is 0.255 e. The van der Waals surface area contributed by atoms with E-state index in [1.165, 1.54) is 5.56 Å². The molecule has 0 radical (unpaired) electrons. The van der Waals surface area contributed by atoms with E-state index in [0.717, 1.165) is 50.5 Å². The molecule has 1 N–H and O–H groups in total. The number of nitrogens with zero attached hydrogens (tertiary/aromatic N) is 1. The summed E-state index contributed by atoms with van der Waals surface area (Å²) in [5, 5.41) is 3.01. The lowest BCUT2D eigenvalue weighted by atomic mass is 10.1. The van der Waals surface area contributed by atoms with Gasteiger partial charge in [-0.2, -0.15) is 0 Å². The van der Waals surface area contributed by atoms with Crippen molar-refractivity contribution in [2.45, 2.75) is 19.9 Å². The number of rotatable bonds is 5. The van der Waals surface area contributed by atoms with E-state index >= 15 is 0 Å². The van der Waals surface area contributed by atoms with E-state index in [1.54, 1.807) is 0 Å². The summed E-state index contributed by atoms with van der Waals surface area (Å²) in [6.07, 6.45) is 0.898. The number of carbonyl (C=O) groups excluding carboxylic acids is 1. The summed E-state index contributed by atoms with van der Waals surface area (Å²) in [4.78, 5) is 14.8. The van der Waals surface area contributed by atoms with Crippen molar-refractivity contribution in [3.05, 3.63) is 65.2 Å². The second-order valence-electron chi connectivity index (χ2n) is 6.05. The highest BCUT2D eigenvalue weighted by atomic mass is 16.5. The first-order chi connectivity index (χ1) is 11.8. The van der Waals surface area contributed by atoms with E-state index in [0.29, 0.717) is 5.56 Å². The molecule has 1 aliphatic heterocycles. The van der Waals surface area contributed by atoms with Gasteiger partial charge < -0.3 is 10.1 Å². The van der Waals surface area contributed by atoms with Gasteiger partial charge in [-0.05, 0) is 35.7 Å². The van der Waals surface area contributed by atoms with E-state index in [2.05, 4.69) is 17.1 Å². The Morgan fingerprint density at radius 1 is 1.08 bits per heavy atom. The molecule has 0 aromatic heterocycles. The summed E-state index contributed by atoms with van der Waals surface area (Å²) in [6.45, 7) is 6.54. The monoisotopic (exact) mass is 324 g/mol. The molecule has 3 rings (SSSR count). The fourth-order valence-electron chi connectivity index (χ4n) is 2.92. The molecule has 1 fully saturated rings. The Kier molecular flexibility index (Phi) is 5.62. The molecule has 1 aliphatic rings. The van der Waals surface area contributed by atoms with Crippen LogP contribution in [-0.4, -0.2) is 37.1 Å². The first kappa shape index (κ1) is 16.7. The maximum Gasteiger partial charge on any atom is 0.255 e. The van der Waals surface area contributed by atoms with Crippen molar-refractivity contribution in [1.82, 2.24) is 4.90 Å². The van der Waals surface area contributed by atoms with Crippen LogP contribution in [-0.2, 0) is 17.7 Å². The molecular formula is C20H24N2O2. The number of carbonyl (C=O) groups is 1. The van der Waals surface area contributed by atoms with Gasteiger partial charge >= 0.3 is 0 Å². The van der Waals surface area contributed by atoms with Gasteiger partial charge in [-0.25, -0.2) is 0 Å². The maximum absolute atomic E-state index is 12.4. The van der Waals surface area contributed by atoms with Crippen molar-refractivity contribution in [3.8, 4) is 0 Å². The van der Waals surface area contributed by atoms with Crippen LogP contribution in [0.2, 0.25) is 0 Å². The van der Waals surface area contributed by atoms with Gasteiger partial charge in [0.15, 0.2) is 0 Å². The van der Waals surface area contributed by atoms with Crippen molar-refractivity contribution in [2.75, 3.05) is 31.6 Å². The number of anilines is 1. The van der Waals surface area contributed by atoms with Gasteiger partial charge in [-0.15, -0.1) is 0 Å². The van der Waals surface area contributed by atoms with Gasteiger partial charge in [0.2, 0.25) is 0 Å². The van der Waals surface area contributed by atoms with Crippen LogP contribution < -0.4 is 5.32 Å². The number of para-hydroxylation sites is 1. The second-order valence-corrected chi connectivity index (χ2v) is 6.05. The SMILES string of the molecule is CCc1ccccc1NC(=O)c1ccc(CN2CCOCC2)cc1. The summed E-state index contributed by atoms with van der Waals surface area (Å²) in [5.41, 5.74) is 3.95. The largest absolute Gasteiger partial charge is 0.379 e. The standard InChI is InChI=1S/C20H24N2O2/c1-2-17-5-3-4-6-19(17)21-20(23)18-9-7-16(8-10-18)15-22-11-13-24-14-12-22/h3-10H,2,11-15H2,1H3,(H,21,23). The van der Waals surface area contributed by atoms with Crippen LogP contribution >= 0.6 is 0 Å². The lowest BCUT2D eigenvalue weighted by Crippen LogP contribution is -2.35. The number of morpholine rings is 1. The topological polar surface area (TPSA) is 41.6 Å². The zero-order chi connectivity index (χ0) is 16.8. The van der Waals surface area contributed by atoms with E-state index < -0.39 is 0 Å². The summed E-state index contributed by atoms with van der Waals surface area (Å²) >= 11 is 0. The molecule has 2 aromatic carbocycles. The third-order valence-electron chi connectivity index (χ3n) is 4.37. The minimum atomic E-state index is -0.0613. The third-order valence-corrected chi connectivity index (χ3v) is 4.37. The normalized spacial score (nSPS) is 15.2. The highest BCUT2D eigenvalue weighted by molar-refractivity contribution is 6.04. The maximum atomic E-state index is 12.4. The Morgan fingerprint density at radius 3 is 2.50 bits per heavy atom. The van der Waals surface area contributed by atoms with E-state index in [4.69, 9.17) is 4.74 Å². The zero-order valence-electron chi connectivity index (χ0n) is 14.1. The molecule has 126 valence electrons. The molecule has 0 atom stereocenters. The fraction of sp³-hybridized carbons (Fsp3) is 0.350. The summed E-state index contributed by atoms with van der Waals surface area (Å²) in [6, 6.07) is 15.8. The molecule has 0 saturated carbocycles. The Bertz CT molecular complexity index is 676. The molecule has 0 spiro atoms. The molecule has 2 aromatic rings. The second kappa shape index (κ2) is 8.08. The first-order valence-electron chi connectivity index (χ1n) is 8.54. The average Bonchev–Trinajstić information content (AvgIpc) is 2.63. The molecule has 1 saturated heterocycles. The quantitative estimate of drug-likeness (QED) is 0.917. The van der Waals surface area contributed by atoms with Gasteiger partial charge in [0.1, 0.15) is 0 Å². The first-order valence-corrected chi connectivity index (χ1v) is 8.54. The molecule has 0 bridgehead atoms. The summed E-state index contributed by atoms with van der Waals surface area (Å²) in [7, 11) is 0. The average molecular weight is 324 g/mol. The van der Waals surface area contributed by atoms with Crippen LogP contribution in [0.15, 0.2) is 48.5 Å². The number of aryl methyl sites for hydroxylation is 1. The minimum absolute atomic E-state index is 0.0613. The molecule has 24 heavy (non-hydrogen) atoms. The van der Waals surface area contributed by atoms with Crippen molar-refractivity contribution in [3.63, 3.8) is 0 Å². The van der Waals surface area contributed by atoms with Crippen LogP contribution in [0.3, 0.4) is 0 Å². The number of hydrogen-bond donors (Lipinski definition) is 1. The predicted octanol–water partition coefficient (Wildman–Crippen LogP) is 3.33. The van der Waals surface area contributed by atoms with E-state index in [-0.39, 0.29) is 5.91 Å². The van der Waals surface area contributed by atoms with E-state index in [9.17, 15) is 4.79 Å². The van der Waals surface area contributed by atoms with Crippen molar-refractivity contribution in [2.24, 2.45) is 0 Å². The number of hydrogen-bond acceptors (Lipinski definition) is 3. The fourth-order valence-corrected chi connectivity index (χ4v) is 2.92. The van der Waals surface area contributed by atoms with Crippen LogP contribution in [0.25, 0.3) is 0 Å². The van der Waals surface area contributed by atoms with Crippen LogP contribution in [0.4, 0.5) is 5.69 Å². The van der Waals surface area contributed by atoms with Crippen molar-refractivity contribution >= 4 is 11.6 Å². The van der Waals surface area contributed by atoms with Crippen LogP contribution in [0, 0.1) is 0 Å². The number of nitrogens with one attached hydrogen (secondary N) is 1. The minimum Gasteiger partial charge on any atom is -0.379 e. The Morgan fingerprint density at radius 2 is 1.79 bits per heavy atom. The third kappa shape index (κ3) is 4.22. The van der Waals surface area contributed by atoms with E-state index in [1.807, 2.05) is 48.5 Å². The molecule has 0 aliphatic carbocycles. The predicted molar refractivity (Wildman–Crippen MR) is 96.3 cm³/mol. The Balaban J connectivity index is 1.63. The molecule has 4 nitrogen and oxygen atoms in total. The van der Waals surface area contributed by atoms with Crippen LogP contribution in [0.5, 0.6) is 0 Å². The van der Waals surface area contributed by atoms with Crippen molar-refractivity contribution < 1.29 is 9.53 Å². The zero-order valence-corrected chi connectivity index (χ0v) is 14.1. The van der Waals surface area contributed by atoms with Gasteiger partial charge in [0.25, 0.3) is 5.91 Å². The highest BCUT2D eigenvalue weighted by Crippen LogP contribution is 2.17. The highest BCUT2D eigenvalue weighted by Gasteiger charge is 2.12. The molecule has 1 heterocycles. The van der Waals surface area contributed by atoms with Gasteiger partial charge in [-0.1, -0.05) is 37.3 Å². The van der Waals surface area contributed by atoms with Crippen LogP contribution in [0.1, 0.15) is 28.4 Å². The summed E-state index contributed by atoms with van der Waals surface area (Å²) in [5.74, 6) is -0.0613. The number of amides is 1. The summed E-state index contributed by atoms with van der Waals surface area (Å²) < 4.78 is 5.37. The molecule has 0 unspecified atom stereocenters. The number of ether oxygens (including phenoxy) is 1. The molecule has 4 heteroatoms.